The van der Waals surface area contributed by atoms with Gasteiger partial charge in [-0.05, 0) is 42.4 Å². The molecule has 3 aliphatic rings. The SMILES string of the molecule is CC(C)(C)[C@H](N=S)C(=O)N1C[C@@H](CC2CCC2)C[C@H]1C(=O)NC(CC1CCC1)C(O)C(N)=O. The highest BCUT2D eigenvalue weighted by Crippen LogP contribution is 2.38. The molecule has 0 bridgehead atoms. The van der Waals surface area contributed by atoms with Crippen LogP contribution in [-0.4, -0.2) is 58.5 Å². The van der Waals surface area contributed by atoms with Crippen molar-refractivity contribution in [3.63, 3.8) is 0 Å². The summed E-state index contributed by atoms with van der Waals surface area (Å²) in [5.41, 5.74) is 4.89. The zero-order valence-electron chi connectivity index (χ0n) is 20.2. The Morgan fingerprint density at radius 2 is 1.73 bits per heavy atom. The first-order valence-electron chi connectivity index (χ1n) is 12.4. The van der Waals surface area contributed by atoms with Crippen LogP contribution in [0.3, 0.4) is 0 Å². The van der Waals surface area contributed by atoms with Crippen LogP contribution in [0, 0.1) is 23.2 Å². The van der Waals surface area contributed by atoms with Crippen molar-refractivity contribution in [2.75, 3.05) is 6.54 Å². The lowest BCUT2D eigenvalue weighted by molar-refractivity contribution is -0.142. The van der Waals surface area contributed by atoms with Crippen molar-refractivity contribution in [2.45, 2.75) is 103 Å². The minimum absolute atomic E-state index is 0.222. The molecule has 5 atom stereocenters. The molecule has 3 rings (SSSR count). The van der Waals surface area contributed by atoms with E-state index in [-0.39, 0.29) is 17.7 Å². The third kappa shape index (κ3) is 6.29. The highest BCUT2D eigenvalue weighted by molar-refractivity contribution is 7.47. The molecule has 4 N–H and O–H groups in total. The highest BCUT2D eigenvalue weighted by atomic mass is 32.1. The molecule has 33 heavy (non-hydrogen) atoms. The standard InChI is InChI=1S/C24H40N4O4S/c1-24(2,3)20(27-33)23(32)28-13-16(10-14-6-4-7-14)12-18(28)22(31)26-17(19(29)21(25)30)11-15-8-5-9-15/h14-20,29H,4-13H2,1-3H3,(H2,25,30)(H,26,31)/t16-,17?,18-,19?,20+/m0/s1. The summed E-state index contributed by atoms with van der Waals surface area (Å²) >= 11 is 4.96. The molecule has 1 heterocycles. The number of hydrogen-bond acceptors (Lipinski definition) is 6. The highest BCUT2D eigenvalue weighted by Gasteiger charge is 2.46. The lowest BCUT2D eigenvalue weighted by atomic mass is 9.78. The van der Waals surface area contributed by atoms with Gasteiger partial charge in [0.15, 0.2) is 6.10 Å². The summed E-state index contributed by atoms with van der Waals surface area (Å²) in [6.45, 7) is 6.26. The Kier molecular flexibility index (Phi) is 8.48. The third-order valence-electron chi connectivity index (χ3n) is 7.84. The number of rotatable bonds is 10. The second-order valence-corrected chi connectivity index (χ2v) is 11.7. The Hall–Kier alpha value is -1.61. The van der Waals surface area contributed by atoms with Crippen molar-refractivity contribution in [1.82, 2.24) is 10.2 Å². The van der Waals surface area contributed by atoms with Crippen LogP contribution in [0.1, 0.15) is 78.6 Å². The number of hydrogen-bond donors (Lipinski definition) is 3. The van der Waals surface area contributed by atoms with Crippen LogP contribution in [0.2, 0.25) is 0 Å². The predicted molar refractivity (Wildman–Crippen MR) is 128 cm³/mol. The van der Waals surface area contributed by atoms with E-state index in [2.05, 4.69) is 9.68 Å². The monoisotopic (exact) mass is 480 g/mol. The summed E-state index contributed by atoms with van der Waals surface area (Å²) in [6, 6.07) is -2.12. The van der Waals surface area contributed by atoms with Crippen molar-refractivity contribution < 1.29 is 19.5 Å². The van der Waals surface area contributed by atoms with E-state index < -0.39 is 35.6 Å². The Bertz CT molecular complexity index is 747. The van der Waals surface area contributed by atoms with E-state index in [0.717, 1.165) is 25.7 Å². The Balaban J connectivity index is 1.76. The van der Waals surface area contributed by atoms with Gasteiger partial charge in [-0.2, -0.15) is 0 Å². The Morgan fingerprint density at radius 3 is 2.18 bits per heavy atom. The number of nitrogens with zero attached hydrogens (tertiary/aromatic N) is 2. The van der Waals surface area contributed by atoms with Gasteiger partial charge in [-0.1, -0.05) is 59.3 Å². The first kappa shape index (κ1) is 26.0. The largest absolute Gasteiger partial charge is 0.381 e. The van der Waals surface area contributed by atoms with Crippen molar-refractivity contribution in [3.05, 3.63) is 0 Å². The van der Waals surface area contributed by atoms with Gasteiger partial charge in [-0.25, -0.2) is 4.36 Å². The average molecular weight is 481 g/mol. The van der Waals surface area contributed by atoms with Crippen LogP contribution in [0.4, 0.5) is 0 Å². The van der Waals surface area contributed by atoms with E-state index in [1.165, 1.54) is 19.3 Å². The molecule has 2 unspecified atom stereocenters. The van der Waals surface area contributed by atoms with Crippen LogP contribution in [0.15, 0.2) is 4.36 Å². The van der Waals surface area contributed by atoms with Crippen molar-refractivity contribution in [2.24, 2.45) is 33.3 Å². The summed E-state index contributed by atoms with van der Waals surface area (Å²) in [6.07, 6.45) is 7.46. The van der Waals surface area contributed by atoms with Gasteiger partial charge in [0, 0.05) is 19.0 Å². The molecule has 0 aromatic heterocycles. The van der Waals surface area contributed by atoms with Crippen molar-refractivity contribution >= 4 is 30.1 Å². The number of aliphatic hydroxyl groups excluding tert-OH is 1. The lowest BCUT2D eigenvalue weighted by Gasteiger charge is -2.34. The molecule has 0 aromatic carbocycles. The number of carbonyl (C=O) groups excluding carboxylic acids is 3. The van der Waals surface area contributed by atoms with Gasteiger partial charge in [0.25, 0.3) is 0 Å². The lowest BCUT2D eigenvalue weighted by Crippen LogP contribution is -2.56. The quantitative estimate of drug-likeness (QED) is 0.441. The number of aliphatic hydroxyl groups is 1. The number of nitrogens with two attached hydrogens (primary N) is 1. The topological polar surface area (TPSA) is 125 Å². The van der Waals surface area contributed by atoms with E-state index >= 15 is 0 Å². The fourth-order valence-corrected chi connectivity index (χ4v) is 5.75. The van der Waals surface area contributed by atoms with Gasteiger partial charge in [-0.3, -0.25) is 14.4 Å². The molecule has 2 saturated carbocycles. The van der Waals surface area contributed by atoms with Crippen LogP contribution in [-0.2, 0) is 26.8 Å². The molecule has 1 aliphatic heterocycles. The Morgan fingerprint density at radius 1 is 1.12 bits per heavy atom. The molecule has 1 saturated heterocycles. The van der Waals surface area contributed by atoms with Crippen molar-refractivity contribution in [1.29, 1.82) is 0 Å². The molecule has 9 heteroatoms. The summed E-state index contributed by atoms with van der Waals surface area (Å²) < 4.78 is 3.94. The molecule has 186 valence electrons. The van der Waals surface area contributed by atoms with Crippen molar-refractivity contribution in [3.8, 4) is 0 Å². The fourth-order valence-electron chi connectivity index (χ4n) is 5.35. The molecule has 0 spiro atoms. The van der Waals surface area contributed by atoms with E-state index in [0.29, 0.717) is 31.2 Å². The number of primary amides is 1. The third-order valence-corrected chi connectivity index (χ3v) is 8.05. The van der Waals surface area contributed by atoms with E-state index in [1.807, 2.05) is 20.8 Å². The number of carbonyl (C=O) groups is 3. The minimum atomic E-state index is -1.45. The van der Waals surface area contributed by atoms with E-state index in [4.69, 9.17) is 18.2 Å². The second-order valence-electron chi connectivity index (χ2n) is 11.5. The summed E-state index contributed by atoms with van der Waals surface area (Å²) in [5.74, 6) is -0.132. The first-order valence-corrected chi connectivity index (χ1v) is 12.8. The maximum absolute atomic E-state index is 13.5. The first-order chi connectivity index (χ1) is 15.5. The summed E-state index contributed by atoms with van der Waals surface area (Å²) in [5, 5.41) is 13.2. The normalized spacial score (nSPS) is 26.6. The Labute approximate surface area is 202 Å². The second kappa shape index (κ2) is 10.8. The van der Waals surface area contributed by atoms with Gasteiger partial charge >= 0.3 is 0 Å². The molecule has 3 amide bonds. The fraction of sp³-hybridized carbons (Fsp3) is 0.875. The van der Waals surface area contributed by atoms with Crippen LogP contribution < -0.4 is 11.1 Å². The molecule has 2 aliphatic carbocycles. The molecule has 0 aromatic rings. The molecule has 0 radical (unpaired) electrons. The molecule has 8 nitrogen and oxygen atoms in total. The van der Waals surface area contributed by atoms with Gasteiger partial charge < -0.3 is 21.1 Å². The van der Waals surface area contributed by atoms with E-state index in [9.17, 15) is 19.5 Å². The zero-order valence-corrected chi connectivity index (χ0v) is 21.0. The maximum atomic E-state index is 13.5. The molecular formula is C24H40N4O4S. The summed E-state index contributed by atoms with van der Waals surface area (Å²) in [7, 11) is 0. The van der Waals surface area contributed by atoms with Gasteiger partial charge in [0.05, 0.1) is 6.04 Å². The van der Waals surface area contributed by atoms with E-state index in [1.54, 1.807) is 4.90 Å². The van der Waals surface area contributed by atoms with Gasteiger partial charge in [0.2, 0.25) is 17.7 Å². The average Bonchev–Trinajstić information content (AvgIpc) is 3.09. The van der Waals surface area contributed by atoms with Crippen LogP contribution in [0.25, 0.3) is 0 Å². The van der Waals surface area contributed by atoms with Crippen LogP contribution >= 0.6 is 0 Å². The zero-order chi connectivity index (χ0) is 24.3. The minimum Gasteiger partial charge on any atom is -0.381 e. The smallest absolute Gasteiger partial charge is 0.249 e. The van der Waals surface area contributed by atoms with Gasteiger partial charge in [-0.15, -0.1) is 0 Å². The maximum Gasteiger partial charge on any atom is 0.249 e. The van der Waals surface area contributed by atoms with Gasteiger partial charge in [0.1, 0.15) is 12.1 Å². The molecular weight excluding hydrogens is 440 g/mol. The summed E-state index contributed by atoms with van der Waals surface area (Å²) in [4.78, 5) is 40.2. The number of nitrogens with one attached hydrogen (secondary N) is 1. The number of likely N-dealkylation sites (tertiary alicyclic amines) is 1. The molecule has 3 fully saturated rings. The predicted octanol–water partition coefficient (Wildman–Crippen LogP) is 2.06. The van der Waals surface area contributed by atoms with Crippen LogP contribution in [0.5, 0.6) is 0 Å². The number of amides is 3.